The zero-order valence-electron chi connectivity index (χ0n) is 20.7. The normalized spacial score (nSPS) is 12.1. The van der Waals surface area contributed by atoms with Gasteiger partial charge in [-0.2, -0.15) is 0 Å². The molecule has 0 unspecified atom stereocenters. The number of rotatable bonds is 11. The molecule has 0 saturated carbocycles. The first-order valence-electron chi connectivity index (χ1n) is 10.9. The molecule has 35 heavy (non-hydrogen) atoms. The van der Waals surface area contributed by atoms with E-state index in [4.69, 9.17) is 9.47 Å². The van der Waals surface area contributed by atoms with Crippen LogP contribution in [0.4, 0.5) is 10.1 Å². The first-order chi connectivity index (χ1) is 16.4. The van der Waals surface area contributed by atoms with Crippen LogP contribution in [0, 0.1) is 5.82 Å². The van der Waals surface area contributed by atoms with Gasteiger partial charge in [0.15, 0.2) is 0 Å². The van der Waals surface area contributed by atoms with E-state index in [0.717, 1.165) is 15.5 Å². The zero-order chi connectivity index (χ0) is 26.3. The molecule has 0 bridgehead atoms. The highest BCUT2D eigenvalue weighted by atomic mass is 32.2. The lowest BCUT2D eigenvalue weighted by Gasteiger charge is -2.32. The average molecular weight is 510 g/mol. The molecule has 0 aliphatic heterocycles. The topological polar surface area (TPSA) is 105 Å². The number of benzene rings is 2. The van der Waals surface area contributed by atoms with Gasteiger partial charge in [0.05, 0.1) is 26.2 Å². The van der Waals surface area contributed by atoms with E-state index >= 15 is 0 Å². The van der Waals surface area contributed by atoms with Gasteiger partial charge in [-0.3, -0.25) is 13.9 Å². The molecule has 1 atom stereocenters. The molecule has 0 aliphatic rings. The smallest absolute Gasteiger partial charge is 0.244 e. The van der Waals surface area contributed by atoms with Gasteiger partial charge in [-0.05, 0) is 39.0 Å². The largest absolute Gasteiger partial charge is 0.497 e. The van der Waals surface area contributed by atoms with Crippen molar-refractivity contribution in [2.75, 3.05) is 31.3 Å². The van der Waals surface area contributed by atoms with E-state index in [1.807, 2.05) is 0 Å². The second-order valence-corrected chi connectivity index (χ2v) is 10.2. The van der Waals surface area contributed by atoms with Crippen molar-refractivity contribution in [3.63, 3.8) is 0 Å². The Balaban J connectivity index is 2.48. The van der Waals surface area contributed by atoms with Crippen LogP contribution < -0.4 is 19.1 Å². The quantitative estimate of drug-likeness (QED) is 0.499. The van der Waals surface area contributed by atoms with E-state index in [0.29, 0.717) is 5.75 Å². The third-order valence-electron chi connectivity index (χ3n) is 5.23. The maximum absolute atomic E-state index is 14.4. The predicted molar refractivity (Wildman–Crippen MR) is 131 cm³/mol. The van der Waals surface area contributed by atoms with Crippen LogP contribution in [0.1, 0.15) is 26.3 Å². The Bertz CT molecular complexity index is 1160. The molecule has 0 saturated heterocycles. The Hall–Kier alpha value is -3.34. The fourth-order valence-electron chi connectivity index (χ4n) is 3.38. The summed E-state index contributed by atoms with van der Waals surface area (Å²) < 4.78 is 51.2. The third-order valence-corrected chi connectivity index (χ3v) is 6.36. The van der Waals surface area contributed by atoms with Crippen molar-refractivity contribution in [3.8, 4) is 11.5 Å². The molecule has 0 radical (unpaired) electrons. The van der Waals surface area contributed by atoms with E-state index in [9.17, 15) is 22.4 Å². The Morgan fingerprint density at radius 2 is 1.71 bits per heavy atom. The van der Waals surface area contributed by atoms with Crippen LogP contribution in [0.3, 0.4) is 0 Å². The van der Waals surface area contributed by atoms with Crippen molar-refractivity contribution in [1.29, 1.82) is 0 Å². The lowest BCUT2D eigenvalue weighted by Crippen LogP contribution is -2.52. The lowest BCUT2D eigenvalue weighted by atomic mass is 10.1. The van der Waals surface area contributed by atoms with Gasteiger partial charge in [-0.25, -0.2) is 12.8 Å². The van der Waals surface area contributed by atoms with Crippen molar-refractivity contribution in [2.24, 2.45) is 0 Å². The summed E-state index contributed by atoms with van der Waals surface area (Å²) in [6.45, 7) is 4.20. The molecule has 0 aliphatic carbocycles. The molecule has 2 rings (SSSR count). The molecular weight excluding hydrogens is 477 g/mol. The zero-order valence-corrected chi connectivity index (χ0v) is 21.6. The van der Waals surface area contributed by atoms with Crippen molar-refractivity contribution in [3.05, 3.63) is 53.8 Å². The van der Waals surface area contributed by atoms with Gasteiger partial charge in [0.25, 0.3) is 0 Å². The highest BCUT2D eigenvalue weighted by Crippen LogP contribution is 2.33. The predicted octanol–water partition coefficient (Wildman–Crippen LogP) is 2.55. The van der Waals surface area contributed by atoms with Crippen molar-refractivity contribution < 1.29 is 31.9 Å². The summed E-state index contributed by atoms with van der Waals surface area (Å²) in [5, 5.41) is 2.73. The number of halogens is 1. The van der Waals surface area contributed by atoms with Gasteiger partial charge in [0.1, 0.15) is 29.9 Å². The summed E-state index contributed by atoms with van der Waals surface area (Å²) in [6, 6.07) is 9.19. The molecule has 0 heterocycles. The van der Waals surface area contributed by atoms with Crippen LogP contribution in [0.5, 0.6) is 11.5 Å². The number of methoxy groups -OCH3 is 2. The summed E-state index contributed by atoms with van der Waals surface area (Å²) in [5.74, 6) is -1.07. The number of carbonyl (C=O) groups is 2. The van der Waals surface area contributed by atoms with Crippen molar-refractivity contribution in [1.82, 2.24) is 10.2 Å². The fourth-order valence-corrected chi connectivity index (χ4v) is 4.24. The number of nitrogens with zero attached hydrogens (tertiary/aromatic N) is 2. The number of sulfonamides is 1. The van der Waals surface area contributed by atoms with E-state index in [1.54, 1.807) is 19.9 Å². The monoisotopic (exact) mass is 509 g/mol. The second kappa shape index (κ2) is 11.9. The minimum atomic E-state index is -3.95. The molecular formula is C24H32FN3O6S. The Morgan fingerprint density at radius 3 is 2.26 bits per heavy atom. The minimum absolute atomic E-state index is 0.120. The summed E-state index contributed by atoms with van der Waals surface area (Å²) in [6.07, 6.45) is 0.958. The number of hydrogen-bond donors (Lipinski definition) is 1. The Labute approximate surface area is 205 Å². The number of amides is 2. The number of ether oxygens (including phenoxy) is 2. The molecule has 2 aromatic carbocycles. The molecule has 9 nitrogen and oxygen atoms in total. The van der Waals surface area contributed by atoms with Gasteiger partial charge in [-0.1, -0.05) is 18.2 Å². The Kier molecular flexibility index (Phi) is 9.47. The summed E-state index contributed by atoms with van der Waals surface area (Å²) in [4.78, 5) is 27.4. The Morgan fingerprint density at radius 1 is 1.06 bits per heavy atom. The van der Waals surface area contributed by atoms with E-state index in [1.165, 1.54) is 57.5 Å². The summed E-state index contributed by atoms with van der Waals surface area (Å²) in [7, 11) is -1.13. The first kappa shape index (κ1) is 27.9. The van der Waals surface area contributed by atoms with Crippen LogP contribution in [0.2, 0.25) is 0 Å². The number of nitrogens with one attached hydrogen (secondary N) is 1. The number of hydrogen-bond acceptors (Lipinski definition) is 6. The van der Waals surface area contributed by atoms with Gasteiger partial charge < -0.3 is 19.7 Å². The van der Waals surface area contributed by atoms with E-state index in [-0.39, 0.29) is 29.6 Å². The van der Waals surface area contributed by atoms with Gasteiger partial charge in [0.2, 0.25) is 21.8 Å². The molecule has 11 heteroatoms. The summed E-state index contributed by atoms with van der Waals surface area (Å²) in [5.41, 5.74) is 0.312. The third kappa shape index (κ3) is 7.32. The minimum Gasteiger partial charge on any atom is -0.497 e. The summed E-state index contributed by atoms with van der Waals surface area (Å²) >= 11 is 0. The molecule has 0 spiro atoms. The number of carbonyl (C=O) groups excluding carboxylic acids is 2. The van der Waals surface area contributed by atoms with Crippen molar-refractivity contribution in [2.45, 2.75) is 39.4 Å². The lowest BCUT2D eigenvalue weighted by molar-refractivity contribution is -0.139. The maximum atomic E-state index is 14.4. The van der Waals surface area contributed by atoms with Gasteiger partial charge >= 0.3 is 0 Å². The van der Waals surface area contributed by atoms with Crippen LogP contribution in [-0.4, -0.2) is 64.2 Å². The average Bonchev–Trinajstić information content (AvgIpc) is 2.79. The molecule has 0 fully saturated rings. The van der Waals surface area contributed by atoms with Crippen molar-refractivity contribution >= 4 is 27.5 Å². The molecule has 0 aromatic heterocycles. The van der Waals surface area contributed by atoms with Crippen LogP contribution >= 0.6 is 0 Å². The molecule has 2 aromatic rings. The molecule has 1 N–H and O–H groups in total. The van der Waals surface area contributed by atoms with Crippen LogP contribution in [0.25, 0.3) is 0 Å². The maximum Gasteiger partial charge on any atom is 0.244 e. The van der Waals surface area contributed by atoms with Gasteiger partial charge in [-0.15, -0.1) is 0 Å². The highest BCUT2D eigenvalue weighted by molar-refractivity contribution is 7.92. The fraction of sp³-hybridized carbons (Fsp3) is 0.417. The van der Waals surface area contributed by atoms with Gasteiger partial charge in [0, 0.05) is 24.2 Å². The second-order valence-electron chi connectivity index (χ2n) is 8.26. The highest BCUT2D eigenvalue weighted by Gasteiger charge is 2.31. The van der Waals surface area contributed by atoms with Crippen LogP contribution in [0.15, 0.2) is 42.5 Å². The SMILES string of the molecule is COc1ccc(N(CC(=O)N(Cc2ccccc2F)[C@@H](C)C(=O)NC(C)C)S(C)(=O)=O)c(OC)c1. The molecule has 2 amide bonds. The standard InChI is InChI=1S/C24H32FN3O6S/c1-16(2)26-24(30)17(3)27(14-18-9-7-8-10-20(18)25)23(29)15-28(35(6,31)32)21-12-11-19(33-4)13-22(21)34-5/h7-13,16-17H,14-15H2,1-6H3,(H,26,30)/t17-/m0/s1. The first-order valence-corrected chi connectivity index (χ1v) is 12.8. The van der Waals surface area contributed by atoms with E-state index in [2.05, 4.69) is 5.32 Å². The van der Waals surface area contributed by atoms with E-state index < -0.39 is 40.2 Å². The molecule has 192 valence electrons. The van der Waals surface area contributed by atoms with Crippen LogP contribution in [-0.2, 0) is 26.2 Å². The number of anilines is 1.